The molecule has 0 saturated heterocycles. The minimum Gasteiger partial charge on any atom is -0.484 e. The number of carboxylic acids is 1. The lowest BCUT2D eigenvalue weighted by Crippen LogP contribution is -2.21. The second kappa shape index (κ2) is 5.80. The molecular formula is C11H9F2NO3. The van der Waals surface area contributed by atoms with Crippen molar-refractivity contribution >= 4 is 5.97 Å². The summed E-state index contributed by atoms with van der Waals surface area (Å²) in [6, 6.07) is 5.21. The van der Waals surface area contributed by atoms with Crippen molar-refractivity contribution in [3.8, 4) is 11.8 Å². The van der Waals surface area contributed by atoms with E-state index in [1.54, 1.807) is 6.07 Å². The van der Waals surface area contributed by atoms with Crippen molar-refractivity contribution < 1.29 is 23.4 Å². The molecule has 0 aliphatic carbocycles. The molecular weight excluding hydrogens is 232 g/mol. The molecule has 17 heavy (non-hydrogen) atoms. The zero-order valence-corrected chi connectivity index (χ0v) is 8.69. The number of benzene rings is 1. The molecule has 0 amide bonds. The molecule has 0 atom stereocenters. The van der Waals surface area contributed by atoms with E-state index in [9.17, 15) is 13.6 Å². The highest BCUT2D eigenvalue weighted by molar-refractivity contribution is 5.88. The summed E-state index contributed by atoms with van der Waals surface area (Å²) in [6.45, 7) is -2.05. The van der Waals surface area contributed by atoms with Crippen LogP contribution in [0.1, 0.15) is 15.9 Å². The molecule has 0 aromatic heterocycles. The lowest BCUT2D eigenvalue weighted by atomic mass is 10.1. The number of rotatable bonds is 5. The Morgan fingerprint density at radius 3 is 2.59 bits per heavy atom. The number of alkyl halides is 2. The van der Waals surface area contributed by atoms with Crippen LogP contribution in [0.25, 0.3) is 0 Å². The summed E-state index contributed by atoms with van der Waals surface area (Å²) >= 11 is 0. The molecule has 0 spiro atoms. The number of carbonyl (C=O) groups is 1. The van der Waals surface area contributed by atoms with Gasteiger partial charge >= 0.3 is 5.97 Å². The maximum Gasteiger partial charge on any atom is 0.335 e. The highest BCUT2D eigenvalue weighted by atomic mass is 19.1. The summed E-state index contributed by atoms with van der Waals surface area (Å²) in [4.78, 5) is 10.6. The standard InChI is InChI=1S/C11H9F2NO3/c12-4-9(5-13)17-10-2-1-7(11(15)16)3-8(10)6-14/h1-3,9H,4-5H2,(H,15,16). The van der Waals surface area contributed by atoms with E-state index >= 15 is 0 Å². The van der Waals surface area contributed by atoms with Gasteiger partial charge in [-0.15, -0.1) is 0 Å². The van der Waals surface area contributed by atoms with Gasteiger partial charge in [-0.3, -0.25) is 0 Å². The van der Waals surface area contributed by atoms with Crippen LogP contribution in [0.2, 0.25) is 0 Å². The third-order valence-electron chi connectivity index (χ3n) is 1.98. The summed E-state index contributed by atoms with van der Waals surface area (Å²) in [5.74, 6) is -1.22. The van der Waals surface area contributed by atoms with E-state index in [1.807, 2.05) is 0 Å². The maximum atomic E-state index is 12.2. The number of hydrogen-bond donors (Lipinski definition) is 1. The van der Waals surface area contributed by atoms with Crippen molar-refractivity contribution in [2.75, 3.05) is 13.3 Å². The van der Waals surface area contributed by atoms with Gasteiger partial charge < -0.3 is 9.84 Å². The Labute approximate surface area is 96.0 Å². The molecule has 0 heterocycles. The third kappa shape index (κ3) is 3.14. The van der Waals surface area contributed by atoms with Crippen LogP contribution in [0.4, 0.5) is 8.78 Å². The number of halogens is 2. The topological polar surface area (TPSA) is 70.3 Å². The van der Waals surface area contributed by atoms with E-state index in [4.69, 9.17) is 15.1 Å². The van der Waals surface area contributed by atoms with Crippen LogP contribution in [0.3, 0.4) is 0 Å². The van der Waals surface area contributed by atoms with Crippen LogP contribution >= 0.6 is 0 Å². The number of carboxylic acid groups (broad SMARTS) is 1. The van der Waals surface area contributed by atoms with E-state index in [1.165, 1.54) is 12.1 Å². The van der Waals surface area contributed by atoms with E-state index in [0.29, 0.717) is 0 Å². The first-order chi connectivity index (χ1) is 8.12. The zero-order chi connectivity index (χ0) is 12.8. The predicted octanol–water partition coefficient (Wildman–Crippen LogP) is 1.94. The number of aromatic carboxylic acids is 1. The predicted molar refractivity (Wildman–Crippen MR) is 54.5 cm³/mol. The Bertz CT molecular complexity index is 453. The molecule has 0 fully saturated rings. The zero-order valence-electron chi connectivity index (χ0n) is 8.69. The largest absolute Gasteiger partial charge is 0.484 e. The Kier molecular flexibility index (Phi) is 4.40. The highest BCUT2D eigenvalue weighted by Crippen LogP contribution is 2.21. The molecule has 4 nitrogen and oxygen atoms in total. The summed E-state index contributed by atoms with van der Waals surface area (Å²) in [7, 11) is 0. The van der Waals surface area contributed by atoms with E-state index < -0.39 is 25.4 Å². The second-order valence-corrected chi connectivity index (χ2v) is 3.18. The average molecular weight is 241 g/mol. The van der Waals surface area contributed by atoms with Crippen molar-refractivity contribution in [2.45, 2.75) is 6.10 Å². The molecule has 6 heteroatoms. The van der Waals surface area contributed by atoms with Crippen LogP contribution < -0.4 is 4.74 Å². The fraction of sp³-hybridized carbons (Fsp3) is 0.273. The molecule has 0 radical (unpaired) electrons. The molecule has 1 N–H and O–H groups in total. The quantitative estimate of drug-likeness (QED) is 0.855. The van der Waals surface area contributed by atoms with Gasteiger partial charge in [0.2, 0.25) is 0 Å². The Balaban J connectivity index is 3.01. The molecule has 1 aromatic rings. The van der Waals surface area contributed by atoms with E-state index in [-0.39, 0.29) is 16.9 Å². The van der Waals surface area contributed by atoms with Gasteiger partial charge in [0.25, 0.3) is 0 Å². The Morgan fingerprint density at radius 2 is 2.12 bits per heavy atom. The summed E-state index contributed by atoms with van der Waals surface area (Å²) in [5.41, 5.74) is -0.164. The first-order valence-corrected chi connectivity index (χ1v) is 4.68. The average Bonchev–Trinajstić information content (AvgIpc) is 2.35. The number of nitriles is 1. The number of hydrogen-bond acceptors (Lipinski definition) is 3. The van der Waals surface area contributed by atoms with Crippen molar-refractivity contribution in [1.29, 1.82) is 5.26 Å². The lowest BCUT2D eigenvalue weighted by Gasteiger charge is -2.13. The minimum absolute atomic E-state index is 0.0298. The number of ether oxygens (including phenoxy) is 1. The van der Waals surface area contributed by atoms with Gasteiger partial charge in [-0.1, -0.05) is 0 Å². The fourth-order valence-corrected chi connectivity index (χ4v) is 1.14. The van der Waals surface area contributed by atoms with Crippen molar-refractivity contribution in [2.24, 2.45) is 0 Å². The SMILES string of the molecule is N#Cc1cc(C(=O)O)ccc1OC(CF)CF. The summed E-state index contributed by atoms with van der Waals surface area (Å²) in [6.07, 6.45) is -1.28. The molecule has 90 valence electrons. The summed E-state index contributed by atoms with van der Waals surface area (Å²) < 4.78 is 29.4. The smallest absolute Gasteiger partial charge is 0.335 e. The van der Waals surface area contributed by atoms with Gasteiger partial charge in [0.15, 0.2) is 6.10 Å². The van der Waals surface area contributed by atoms with Gasteiger partial charge in [0, 0.05) is 0 Å². The van der Waals surface area contributed by atoms with Crippen LogP contribution in [0.15, 0.2) is 18.2 Å². The first-order valence-electron chi connectivity index (χ1n) is 4.68. The van der Waals surface area contributed by atoms with E-state index in [0.717, 1.165) is 6.07 Å². The summed E-state index contributed by atoms with van der Waals surface area (Å²) in [5, 5.41) is 17.5. The third-order valence-corrected chi connectivity index (χ3v) is 1.98. The Morgan fingerprint density at radius 1 is 1.47 bits per heavy atom. The molecule has 0 saturated carbocycles. The van der Waals surface area contributed by atoms with Crippen LogP contribution in [-0.4, -0.2) is 30.5 Å². The van der Waals surface area contributed by atoms with E-state index in [2.05, 4.69) is 0 Å². The molecule has 0 aliphatic heterocycles. The Hall–Kier alpha value is -2.16. The first kappa shape index (κ1) is 12.9. The number of nitrogens with zero attached hydrogens (tertiary/aromatic N) is 1. The minimum atomic E-state index is -1.28. The van der Waals surface area contributed by atoms with Crippen LogP contribution in [-0.2, 0) is 0 Å². The highest BCUT2D eigenvalue weighted by Gasteiger charge is 2.14. The van der Waals surface area contributed by atoms with Gasteiger partial charge in [-0.2, -0.15) is 5.26 Å². The molecule has 1 aromatic carbocycles. The molecule has 0 unspecified atom stereocenters. The lowest BCUT2D eigenvalue weighted by molar-refractivity contribution is 0.0696. The second-order valence-electron chi connectivity index (χ2n) is 3.18. The fourth-order valence-electron chi connectivity index (χ4n) is 1.14. The molecule has 0 aliphatic rings. The van der Waals surface area contributed by atoms with Gasteiger partial charge in [0.1, 0.15) is 25.2 Å². The van der Waals surface area contributed by atoms with Gasteiger partial charge in [0.05, 0.1) is 11.1 Å². The van der Waals surface area contributed by atoms with Gasteiger partial charge in [-0.05, 0) is 18.2 Å². The van der Waals surface area contributed by atoms with Crippen LogP contribution in [0, 0.1) is 11.3 Å². The monoisotopic (exact) mass is 241 g/mol. The van der Waals surface area contributed by atoms with Crippen molar-refractivity contribution in [3.05, 3.63) is 29.3 Å². The van der Waals surface area contributed by atoms with Crippen molar-refractivity contribution in [3.63, 3.8) is 0 Å². The molecule has 0 bridgehead atoms. The molecule has 1 rings (SSSR count). The van der Waals surface area contributed by atoms with Gasteiger partial charge in [-0.25, -0.2) is 13.6 Å². The van der Waals surface area contributed by atoms with Crippen LogP contribution in [0.5, 0.6) is 5.75 Å². The normalized spacial score (nSPS) is 10.0. The van der Waals surface area contributed by atoms with Crippen molar-refractivity contribution in [1.82, 2.24) is 0 Å². The maximum absolute atomic E-state index is 12.2.